The SMILES string of the molecule is CC(C)(O)[C@H](S)c1ccccc1. The van der Waals surface area contributed by atoms with Crippen LogP contribution in [0, 0.1) is 0 Å². The summed E-state index contributed by atoms with van der Waals surface area (Å²) >= 11 is 4.35. The summed E-state index contributed by atoms with van der Waals surface area (Å²) in [7, 11) is 0. The van der Waals surface area contributed by atoms with Crippen LogP contribution in [0.5, 0.6) is 0 Å². The maximum absolute atomic E-state index is 9.66. The van der Waals surface area contributed by atoms with Gasteiger partial charge in [0.15, 0.2) is 0 Å². The Balaban J connectivity index is 2.86. The van der Waals surface area contributed by atoms with E-state index in [1.165, 1.54) is 0 Å². The Kier molecular flexibility index (Phi) is 2.80. The zero-order valence-electron chi connectivity index (χ0n) is 7.36. The molecule has 1 N–H and O–H groups in total. The van der Waals surface area contributed by atoms with Crippen LogP contribution >= 0.6 is 12.6 Å². The van der Waals surface area contributed by atoms with Gasteiger partial charge in [0.05, 0.1) is 10.9 Å². The molecule has 2 heteroatoms. The lowest BCUT2D eigenvalue weighted by Crippen LogP contribution is -2.24. The molecule has 0 heterocycles. The van der Waals surface area contributed by atoms with Crippen molar-refractivity contribution in [2.24, 2.45) is 0 Å². The molecule has 0 unspecified atom stereocenters. The van der Waals surface area contributed by atoms with Crippen LogP contribution in [0.25, 0.3) is 0 Å². The Morgan fingerprint density at radius 1 is 1.25 bits per heavy atom. The van der Waals surface area contributed by atoms with Crippen molar-refractivity contribution in [1.82, 2.24) is 0 Å². The van der Waals surface area contributed by atoms with Crippen LogP contribution in [0.3, 0.4) is 0 Å². The fraction of sp³-hybridized carbons (Fsp3) is 0.400. The molecule has 0 spiro atoms. The lowest BCUT2D eigenvalue weighted by molar-refractivity contribution is 0.0782. The molecule has 0 aliphatic rings. The van der Waals surface area contributed by atoms with Gasteiger partial charge in [-0.25, -0.2) is 0 Å². The third-order valence-electron chi connectivity index (χ3n) is 1.78. The van der Waals surface area contributed by atoms with Crippen molar-refractivity contribution in [2.75, 3.05) is 0 Å². The van der Waals surface area contributed by atoms with Crippen LogP contribution in [-0.2, 0) is 0 Å². The monoisotopic (exact) mass is 182 g/mol. The summed E-state index contributed by atoms with van der Waals surface area (Å²) in [4.78, 5) is 0. The van der Waals surface area contributed by atoms with Gasteiger partial charge in [-0.15, -0.1) is 0 Å². The lowest BCUT2D eigenvalue weighted by atomic mass is 9.98. The molecule has 0 radical (unpaired) electrons. The van der Waals surface area contributed by atoms with E-state index in [4.69, 9.17) is 0 Å². The van der Waals surface area contributed by atoms with E-state index in [2.05, 4.69) is 12.6 Å². The highest BCUT2D eigenvalue weighted by atomic mass is 32.1. The summed E-state index contributed by atoms with van der Waals surface area (Å²) in [5.41, 5.74) is 0.276. The van der Waals surface area contributed by atoms with Crippen LogP contribution in [0.2, 0.25) is 0 Å². The highest BCUT2D eigenvalue weighted by molar-refractivity contribution is 7.80. The fourth-order valence-electron chi connectivity index (χ4n) is 1.04. The maximum atomic E-state index is 9.66. The molecule has 1 nitrogen and oxygen atoms in total. The van der Waals surface area contributed by atoms with Crippen LogP contribution in [0.15, 0.2) is 30.3 Å². The van der Waals surface area contributed by atoms with Crippen LogP contribution in [0.4, 0.5) is 0 Å². The summed E-state index contributed by atoms with van der Waals surface area (Å²) in [5.74, 6) is 0. The molecular weight excluding hydrogens is 168 g/mol. The molecule has 0 amide bonds. The number of benzene rings is 1. The summed E-state index contributed by atoms with van der Waals surface area (Å²) < 4.78 is 0. The molecule has 0 aromatic heterocycles. The van der Waals surface area contributed by atoms with Crippen LogP contribution in [0.1, 0.15) is 24.7 Å². The van der Waals surface area contributed by atoms with Crippen LogP contribution in [-0.4, -0.2) is 10.7 Å². The van der Waals surface area contributed by atoms with Crippen molar-refractivity contribution >= 4 is 12.6 Å². The third kappa shape index (κ3) is 2.26. The second kappa shape index (κ2) is 3.50. The van der Waals surface area contributed by atoms with Crippen molar-refractivity contribution in [1.29, 1.82) is 0 Å². The predicted octanol–water partition coefficient (Wildman–Crippen LogP) is 2.43. The van der Waals surface area contributed by atoms with Gasteiger partial charge in [0, 0.05) is 0 Å². The van der Waals surface area contributed by atoms with Gasteiger partial charge in [-0.1, -0.05) is 30.3 Å². The molecule has 1 aromatic rings. The summed E-state index contributed by atoms with van der Waals surface area (Å²) in [6.07, 6.45) is 0. The standard InChI is InChI=1S/C10H14OS/c1-10(2,11)9(12)8-6-4-3-5-7-8/h3-7,9,11-12H,1-2H3/t9-/m1/s1. The topological polar surface area (TPSA) is 20.2 Å². The Hall–Kier alpha value is -0.470. The van der Waals surface area contributed by atoms with E-state index in [1.54, 1.807) is 13.8 Å². The zero-order valence-corrected chi connectivity index (χ0v) is 8.25. The molecule has 1 aromatic carbocycles. The normalized spacial score (nSPS) is 14.3. The van der Waals surface area contributed by atoms with E-state index >= 15 is 0 Å². The Morgan fingerprint density at radius 3 is 2.17 bits per heavy atom. The van der Waals surface area contributed by atoms with E-state index in [0.29, 0.717) is 0 Å². The second-order valence-electron chi connectivity index (χ2n) is 3.47. The van der Waals surface area contributed by atoms with Gasteiger partial charge >= 0.3 is 0 Å². The number of hydrogen-bond donors (Lipinski definition) is 2. The van der Waals surface area contributed by atoms with E-state index in [1.807, 2.05) is 30.3 Å². The molecule has 0 saturated carbocycles. The molecule has 0 fully saturated rings. The van der Waals surface area contributed by atoms with E-state index in [9.17, 15) is 5.11 Å². The fourth-order valence-corrected chi connectivity index (χ4v) is 1.22. The first-order chi connectivity index (χ1) is 5.52. The first-order valence-electron chi connectivity index (χ1n) is 3.97. The average molecular weight is 182 g/mol. The van der Waals surface area contributed by atoms with Crippen LogP contribution < -0.4 is 0 Å². The number of hydrogen-bond acceptors (Lipinski definition) is 2. The molecule has 0 saturated heterocycles. The first kappa shape index (κ1) is 9.62. The van der Waals surface area contributed by atoms with E-state index < -0.39 is 5.60 Å². The summed E-state index contributed by atoms with van der Waals surface area (Å²) in [6, 6.07) is 9.79. The molecule has 0 aliphatic heterocycles. The molecule has 12 heavy (non-hydrogen) atoms. The van der Waals surface area contributed by atoms with Crippen molar-refractivity contribution in [2.45, 2.75) is 24.7 Å². The van der Waals surface area contributed by atoms with Gasteiger partial charge in [-0.3, -0.25) is 0 Å². The number of aliphatic hydroxyl groups is 1. The van der Waals surface area contributed by atoms with Gasteiger partial charge in [0.1, 0.15) is 0 Å². The van der Waals surface area contributed by atoms with E-state index in [0.717, 1.165) is 5.56 Å². The lowest BCUT2D eigenvalue weighted by Gasteiger charge is -2.25. The largest absolute Gasteiger partial charge is 0.389 e. The highest BCUT2D eigenvalue weighted by Gasteiger charge is 2.24. The second-order valence-corrected chi connectivity index (χ2v) is 3.98. The smallest absolute Gasteiger partial charge is 0.0748 e. The van der Waals surface area contributed by atoms with Gasteiger partial charge in [0.2, 0.25) is 0 Å². The Labute approximate surface area is 78.8 Å². The molecule has 1 rings (SSSR count). The predicted molar refractivity (Wildman–Crippen MR) is 54.5 cm³/mol. The quantitative estimate of drug-likeness (QED) is 0.673. The number of thiol groups is 1. The minimum atomic E-state index is -0.773. The Bertz CT molecular complexity index is 238. The van der Waals surface area contributed by atoms with Crippen molar-refractivity contribution in [3.8, 4) is 0 Å². The average Bonchev–Trinajstić information content (AvgIpc) is 2.03. The minimum absolute atomic E-state index is 0.126. The molecule has 0 bridgehead atoms. The van der Waals surface area contributed by atoms with E-state index in [-0.39, 0.29) is 5.25 Å². The summed E-state index contributed by atoms with van der Waals surface area (Å²) in [5, 5.41) is 9.54. The number of rotatable bonds is 2. The molecule has 1 atom stereocenters. The van der Waals surface area contributed by atoms with Gasteiger partial charge < -0.3 is 5.11 Å². The molecule has 0 aliphatic carbocycles. The third-order valence-corrected chi connectivity index (χ3v) is 2.71. The Morgan fingerprint density at radius 2 is 1.75 bits per heavy atom. The molecular formula is C10H14OS. The maximum Gasteiger partial charge on any atom is 0.0748 e. The molecule has 66 valence electrons. The minimum Gasteiger partial charge on any atom is -0.389 e. The zero-order chi connectivity index (χ0) is 9.19. The van der Waals surface area contributed by atoms with Crippen molar-refractivity contribution in [3.05, 3.63) is 35.9 Å². The van der Waals surface area contributed by atoms with Gasteiger partial charge in [-0.05, 0) is 19.4 Å². The summed E-state index contributed by atoms with van der Waals surface area (Å²) in [6.45, 7) is 3.52. The van der Waals surface area contributed by atoms with Gasteiger partial charge in [-0.2, -0.15) is 12.6 Å². The van der Waals surface area contributed by atoms with Crippen molar-refractivity contribution in [3.63, 3.8) is 0 Å². The highest BCUT2D eigenvalue weighted by Crippen LogP contribution is 2.30. The first-order valence-corrected chi connectivity index (χ1v) is 4.49. The van der Waals surface area contributed by atoms with Crippen molar-refractivity contribution < 1.29 is 5.11 Å². The van der Waals surface area contributed by atoms with Gasteiger partial charge in [0.25, 0.3) is 0 Å².